The Morgan fingerprint density at radius 3 is 1.35 bits per heavy atom. The van der Waals surface area contributed by atoms with Crippen molar-refractivity contribution in [2.24, 2.45) is 47.2 Å². The molecule has 7 N–H and O–H groups in total. The number of carbonyl (C=O) groups excluding carboxylic acids is 12. The first-order valence-corrected chi connectivity index (χ1v) is 35.1. The number of ether oxygens (including phenoxy) is 1. The lowest BCUT2D eigenvalue weighted by molar-refractivity contribution is -0.157. The van der Waals surface area contributed by atoms with Gasteiger partial charge >= 0.3 is 5.97 Å². The fourth-order valence-corrected chi connectivity index (χ4v) is 13.0. The molecule has 1 aliphatic rings. The Morgan fingerprint density at radius 1 is 0.521 bits per heavy atom. The summed E-state index contributed by atoms with van der Waals surface area (Å²) in [5, 5.41) is 23.4. The van der Waals surface area contributed by atoms with Crippen LogP contribution < -0.4 is 27.0 Å². The van der Waals surface area contributed by atoms with E-state index < -0.39 is 172 Å². The van der Waals surface area contributed by atoms with E-state index in [1.54, 1.807) is 74.5 Å². The van der Waals surface area contributed by atoms with Crippen molar-refractivity contribution in [2.75, 3.05) is 62.2 Å². The van der Waals surface area contributed by atoms with Gasteiger partial charge in [0, 0.05) is 59.8 Å². The Bertz CT molecular complexity index is 2690. The second-order valence-corrected chi connectivity index (χ2v) is 30.9. The molecule has 0 aliphatic carbocycles. The van der Waals surface area contributed by atoms with Crippen molar-refractivity contribution in [1.29, 1.82) is 0 Å². The van der Waals surface area contributed by atoms with Gasteiger partial charge in [-0.1, -0.05) is 109 Å². The second-order valence-electron chi connectivity index (χ2n) is 29.2. The minimum absolute atomic E-state index is 0.0574. The lowest BCUT2D eigenvalue weighted by atomic mass is 9.91. The maximum Gasteiger partial charge on any atom is 0.324 e. The van der Waals surface area contributed by atoms with E-state index in [0.717, 1.165) is 21.6 Å². The van der Waals surface area contributed by atoms with Gasteiger partial charge in [0.15, 0.2) is 0 Å². The van der Waals surface area contributed by atoms with Crippen LogP contribution in [0.25, 0.3) is 0 Å². The molecule has 1 rings (SSSR count). The Morgan fingerprint density at radius 2 is 0.917 bits per heavy atom. The summed E-state index contributed by atoms with van der Waals surface area (Å²) >= 11 is 1.08. The van der Waals surface area contributed by atoms with Gasteiger partial charge in [0.2, 0.25) is 65.0 Å². The molecular weight excluding hydrogens is 1250 g/mol. The van der Waals surface area contributed by atoms with Crippen molar-refractivity contribution in [3.05, 3.63) is 12.2 Å². The van der Waals surface area contributed by atoms with E-state index in [0.29, 0.717) is 0 Å². The molecule has 0 spiro atoms. The minimum Gasteiger partial charge on any atom is -0.468 e. The number of amides is 11. The van der Waals surface area contributed by atoms with Gasteiger partial charge in [-0.3, -0.25) is 57.5 Å². The quantitative estimate of drug-likeness (QED) is 0.0748. The molecule has 0 saturated carbocycles. The fraction of sp³-hybridized carbons (Fsp3) is 0.797. The van der Waals surface area contributed by atoms with Crippen LogP contribution in [0.2, 0.25) is 0 Å². The van der Waals surface area contributed by atoms with Crippen molar-refractivity contribution in [2.45, 2.75) is 253 Å². The summed E-state index contributed by atoms with van der Waals surface area (Å²) in [5.74, 6) is -11.6. The third-order valence-corrected chi connectivity index (χ3v) is 19.7. The molecule has 96 heavy (non-hydrogen) atoms. The topological polar surface area (TPSA) is 331 Å². The first-order chi connectivity index (χ1) is 44.2. The smallest absolute Gasteiger partial charge is 0.324 e. The monoisotopic (exact) mass is 1380 g/mol. The summed E-state index contributed by atoms with van der Waals surface area (Å²) in [6, 6.07) is -15.7. The number of aliphatic hydroxyl groups is 1. The van der Waals surface area contributed by atoms with Gasteiger partial charge in [0.1, 0.15) is 72.5 Å². The number of thioether (sulfide) groups is 1. The average Bonchev–Trinajstić information content (AvgIpc) is 0.805. The van der Waals surface area contributed by atoms with Crippen LogP contribution in [0.5, 0.6) is 0 Å². The molecular formula is C69H124N12O14S. The number of hydrogen-bond acceptors (Lipinski definition) is 16. The van der Waals surface area contributed by atoms with Gasteiger partial charge in [-0.15, -0.1) is 0 Å². The normalized spacial score (nSPS) is 26.4. The number of methoxy groups -OCH3 is 1. The second kappa shape index (κ2) is 39.3. The maximum atomic E-state index is 15.5. The molecule has 0 aromatic heterocycles. The van der Waals surface area contributed by atoms with Gasteiger partial charge in [-0.25, -0.2) is 0 Å². The number of hydrogen-bond donors (Lipinski definition) is 6. The molecule has 550 valence electrons. The molecule has 0 aromatic carbocycles. The Labute approximate surface area is 578 Å². The van der Waals surface area contributed by atoms with Crippen molar-refractivity contribution >= 4 is 82.7 Å². The van der Waals surface area contributed by atoms with E-state index in [4.69, 9.17) is 10.5 Å². The average molecular weight is 1380 g/mol. The molecule has 14 atom stereocenters. The van der Waals surface area contributed by atoms with Crippen molar-refractivity contribution in [1.82, 2.24) is 55.6 Å². The van der Waals surface area contributed by atoms with Crippen molar-refractivity contribution in [3.63, 3.8) is 0 Å². The van der Waals surface area contributed by atoms with Crippen LogP contribution in [0.4, 0.5) is 0 Å². The molecule has 0 aromatic rings. The Hall–Kier alpha value is -6.35. The Kier molecular flexibility index (Phi) is 35.9. The molecule has 26 nitrogen and oxygen atoms in total. The van der Waals surface area contributed by atoms with E-state index in [1.807, 2.05) is 55.4 Å². The van der Waals surface area contributed by atoms with Crippen LogP contribution >= 0.6 is 11.8 Å². The number of nitrogens with two attached hydrogens (primary N) is 1. The zero-order valence-electron chi connectivity index (χ0n) is 63.0. The van der Waals surface area contributed by atoms with Gasteiger partial charge in [-0.2, -0.15) is 11.8 Å². The molecule has 11 amide bonds. The number of nitrogens with zero attached hydrogens (tertiary/aromatic N) is 7. The lowest BCUT2D eigenvalue weighted by Crippen LogP contribution is -2.64. The van der Waals surface area contributed by atoms with Crippen molar-refractivity contribution < 1.29 is 67.4 Å². The predicted octanol–water partition coefficient (Wildman–Crippen LogP) is 3.65. The summed E-state index contributed by atoms with van der Waals surface area (Å²) in [6.07, 6.45) is 2.60. The zero-order chi connectivity index (χ0) is 74.6. The largest absolute Gasteiger partial charge is 0.468 e. The minimum atomic E-state index is -1.70. The lowest BCUT2D eigenvalue weighted by Gasteiger charge is -2.41. The first-order valence-electron chi connectivity index (χ1n) is 34.1. The molecule has 27 heteroatoms. The van der Waals surface area contributed by atoms with E-state index >= 15 is 33.6 Å². The predicted molar refractivity (Wildman–Crippen MR) is 374 cm³/mol. The highest BCUT2D eigenvalue weighted by Crippen LogP contribution is 2.31. The highest BCUT2D eigenvalue weighted by Gasteiger charge is 2.47. The van der Waals surface area contributed by atoms with Gasteiger partial charge in [0.05, 0.1) is 13.2 Å². The molecule has 1 fully saturated rings. The van der Waals surface area contributed by atoms with Gasteiger partial charge in [0.25, 0.3) is 0 Å². The molecule has 1 saturated heterocycles. The number of esters is 1. The third-order valence-electron chi connectivity index (χ3n) is 18.2. The SMILES string of the molecule is C/C=C/C[C@@H](C)[C@@H](O)C1C(=O)N[C@@H](CC)C(=O)N(C)C(CSC(C)(C)C(N)C(=O)OC)C(=O)N(C)[C@@H](CC(C)C)C(=O)N[C@@H](C(C)C)C(=O)N(C)[C@@H](CC(C)C)C(=O)N[C@@H](C)C(=O)N[C@H](C)C(=O)N(C)[C@@H](CC(C)C)C(=O)N(C)[C@@H](CC(C)C)C(=O)N(C)[C@@H](C(C)C)C(=O)N1C. The number of aliphatic hydroxyl groups excluding tert-OH is 1. The molecule has 1 aliphatic heterocycles. The zero-order valence-corrected chi connectivity index (χ0v) is 63.8. The van der Waals surface area contributed by atoms with Crippen LogP contribution in [0.3, 0.4) is 0 Å². The number of rotatable bonds is 20. The van der Waals surface area contributed by atoms with Crippen molar-refractivity contribution in [3.8, 4) is 0 Å². The summed E-state index contributed by atoms with van der Waals surface area (Å²) < 4.78 is 3.84. The number of nitrogens with one attached hydrogen (secondary N) is 4. The molecule has 3 unspecified atom stereocenters. The van der Waals surface area contributed by atoms with Crippen LogP contribution in [0, 0.1) is 41.4 Å². The number of carbonyl (C=O) groups is 12. The van der Waals surface area contributed by atoms with Gasteiger partial charge < -0.3 is 71.1 Å². The third kappa shape index (κ3) is 24.0. The molecule has 0 radical (unpaired) electrons. The van der Waals surface area contributed by atoms with Crippen LogP contribution in [-0.2, 0) is 62.3 Å². The summed E-state index contributed by atoms with van der Waals surface area (Å²) in [6.45, 7) is 32.9. The van der Waals surface area contributed by atoms with Gasteiger partial charge in [-0.05, 0) is 115 Å². The fourth-order valence-electron chi connectivity index (χ4n) is 11.8. The van der Waals surface area contributed by atoms with Crippen LogP contribution in [0.15, 0.2) is 12.2 Å². The highest BCUT2D eigenvalue weighted by molar-refractivity contribution is 8.00. The van der Waals surface area contributed by atoms with E-state index in [9.17, 15) is 29.1 Å². The standard InChI is InChI=1S/C69H124N12O14S/c1-28-30-31-43(15)55(82)54-60(86)73-46(29-2)62(88)79(24)51(36-96-69(18,19)56(70)68(94)95-27)65(91)75(20)48(33-38(5)6)59(85)74-52(41(11)12)66(92)76(21)47(32-37(3)4)58(84)71-44(16)57(83)72-45(17)61(87)77(22)49(34-39(7)8)63(89)78(23)50(35-40(9)10)64(90)80(25)53(42(13)14)67(93)81(54)26/h28,30,37-56,82H,29,31-36,70H2,1-27H3,(H,71,84)(H,72,83)(H,73,86)(H,74,85)/b30-28+/t43-,44+,45-,46+,47+,48+,49+,50+,51?,52+,53+,54?,55-,56?/m1/s1. The summed E-state index contributed by atoms with van der Waals surface area (Å²) in [7, 11) is 11.0. The maximum absolute atomic E-state index is 15.5. The van der Waals surface area contributed by atoms with E-state index in [2.05, 4.69) is 21.3 Å². The molecule has 0 bridgehead atoms. The van der Waals surface area contributed by atoms with E-state index in [1.165, 1.54) is 94.8 Å². The number of likely N-dealkylation sites (N-methyl/N-ethyl adjacent to an activating group) is 7. The summed E-state index contributed by atoms with van der Waals surface area (Å²) in [5.41, 5.74) is 6.42. The Balaban J connectivity index is 4.64. The van der Waals surface area contributed by atoms with E-state index in [-0.39, 0.29) is 67.9 Å². The number of allylic oxidation sites excluding steroid dienone is 2. The molecule has 1 heterocycles. The highest BCUT2D eigenvalue weighted by atomic mass is 32.2. The van der Waals surface area contributed by atoms with Crippen LogP contribution in [-0.4, -0.2) is 256 Å². The summed E-state index contributed by atoms with van der Waals surface area (Å²) in [4.78, 5) is 186. The van der Waals surface area contributed by atoms with Crippen LogP contribution in [0.1, 0.15) is 170 Å². The first kappa shape index (κ1) is 87.7.